The van der Waals surface area contributed by atoms with E-state index in [1.807, 2.05) is 0 Å². The van der Waals surface area contributed by atoms with Crippen molar-refractivity contribution < 1.29 is 9.47 Å². The summed E-state index contributed by atoms with van der Waals surface area (Å²) in [6.07, 6.45) is 1.79. The third-order valence-electron chi connectivity index (χ3n) is 5.38. The van der Waals surface area contributed by atoms with Gasteiger partial charge in [-0.15, -0.1) is 0 Å². The van der Waals surface area contributed by atoms with Crippen LogP contribution in [-0.4, -0.2) is 59.5 Å². The van der Waals surface area contributed by atoms with Crippen LogP contribution in [0.2, 0.25) is 5.02 Å². The molecular weight excluding hydrogens is 358 g/mol. The molecule has 0 bridgehead atoms. The topological polar surface area (TPSA) is 76.6 Å². The summed E-state index contributed by atoms with van der Waals surface area (Å²) in [5.41, 5.74) is -0.584. The molecule has 4 rings (SSSR count). The van der Waals surface area contributed by atoms with Crippen LogP contribution in [0.4, 0.5) is 0 Å². The lowest BCUT2D eigenvalue weighted by atomic mass is 9.89. The van der Waals surface area contributed by atoms with Gasteiger partial charge in [-0.3, -0.25) is 14.3 Å². The Hall–Kier alpha value is -1.67. The van der Waals surface area contributed by atoms with Crippen LogP contribution >= 0.6 is 11.6 Å². The van der Waals surface area contributed by atoms with Crippen molar-refractivity contribution in [2.75, 3.05) is 39.5 Å². The highest BCUT2D eigenvalue weighted by molar-refractivity contribution is 6.31. The van der Waals surface area contributed by atoms with Crippen LogP contribution in [0.5, 0.6) is 0 Å². The minimum Gasteiger partial charge on any atom is -0.379 e. The fraction of sp³-hybridized carbons (Fsp3) is 0.556. The van der Waals surface area contributed by atoms with Crippen LogP contribution in [0.25, 0.3) is 10.9 Å². The summed E-state index contributed by atoms with van der Waals surface area (Å²) in [6, 6.07) is 4.92. The zero-order chi connectivity index (χ0) is 18.1. The summed E-state index contributed by atoms with van der Waals surface area (Å²) in [7, 11) is 0. The average Bonchev–Trinajstić information content (AvgIpc) is 2.67. The van der Waals surface area contributed by atoms with Gasteiger partial charge in [-0.05, 0) is 31.0 Å². The highest BCUT2D eigenvalue weighted by Crippen LogP contribution is 2.28. The Morgan fingerprint density at radius 3 is 2.69 bits per heavy atom. The molecule has 2 fully saturated rings. The number of hydrogen-bond donors (Lipinski definition) is 1. The number of benzene rings is 1. The van der Waals surface area contributed by atoms with Crippen molar-refractivity contribution in [1.82, 2.24) is 14.5 Å². The minimum atomic E-state index is -0.400. The molecule has 1 aromatic carbocycles. The lowest BCUT2D eigenvalue weighted by Gasteiger charge is -2.47. The van der Waals surface area contributed by atoms with Gasteiger partial charge in [-0.1, -0.05) is 11.6 Å². The lowest BCUT2D eigenvalue weighted by molar-refractivity contribution is -0.0937. The molecule has 2 aromatic rings. The maximum Gasteiger partial charge on any atom is 0.328 e. The highest BCUT2D eigenvalue weighted by atomic mass is 35.5. The van der Waals surface area contributed by atoms with Gasteiger partial charge in [0.15, 0.2) is 0 Å². The van der Waals surface area contributed by atoms with Gasteiger partial charge in [-0.25, -0.2) is 4.79 Å². The second-order valence-electron chi connectivity index (χ2n) is 6.99. The summed E-state index contributed by atoms with van der Waals surface area (Å²) in [5.74, 6) is 0. The second kappa shape index (κ2) is 7.15. The van der Waals surface area contributed by atoms with E-state index in [2.05, 4.69) is 9.88 Å². The number of nitrogens with zero attached hydrogens (tertiary/aromatic N) is 2. The van der Waals surface area contributed by atoms with E-state index in [0.29, 0.717) is 48.9 Å². The number of halogens is 1. The number of fused-ring (bicyclic) bond motifs is 1. The number of aromatic nitrogens is 2. The molecule has 2 aliphatic rings. The predicted octanol–water partition coefficient (Wildman–Crippen LogP) is 1.22. The highest BCUT2D eigenvalue weighted by Gasteiger charge is 2.40. The van der Waals surface area contributed by atoms with Crippen molar-refractivity contribution in [3.8, 4) is 0 Å². The molecule has 0 amide bonds. The molecule has 3 heterocycles. The maximum absolute atomic E-state index is 13.0. The van der Waals surface area contributed by atoms with Gasteiger partial charge in [-0.2, -0.15) is 0 Å². The monoisotopic (exact) mass is 379 g/mol. The normalized spacial score (nSPS) is 24.8. The molecule has 0 spiro atoms. The summed E-state index contributed by atoms with van der Waals surface area (Å²) in [5, 5.41) is 0.892. The molecule has 1 atom stereocenters. The van der Waals surface area contributed by atoms with Crippen molar-refractivity contribution in [3.63, 3.8) is 0 Å². The number of H-pyrrole nitrogens is 1. The minimum absolute atomic E-state index is 0.295. The number of ether oxygens (including phenoxy) is 2. The van der Waals surface area contributed by atoms with Crippen LogP contribution in [0.1, 0.15) is 12.8 Å². The molecular formula is C18H22ClN3O4. The van der Waals surface area contributed by atoms with Gasteiger partial charge in [0.05, 0.1) is 42.8 Å². The molecule has 0 saturated carbocycles. The Bertz CT molecular complexity index is 911. The fourth-order valence-electron chi connectivity index (χ4n) is 4.01. The van der Waals surface area contributed by atoms with Gasteiger partial charge in [0.25, 0.3) is 5.56 Å². The first-order valence-electron chi connectivity index (χ1n) is 8.92. The summed E-state index contributed by atoms with van der Waals surface area (Å²) in [4.78, 5) is 30.7. The van der Waals surface area contributed by atoms with Gasteiger partial charge < -0.3 is 14.5 Å². The first-order valence-corrected chi connectivity index (χ1v) is 9.30. The van der Waals surface area contributed by atoms with Crippen molar-refractivity contribution in [1.29, 1.82) is 0 Å². The largest absolute Gasteiger partial charge is 0.379 e. The van der Waals surface area contributed by atoms with E-state index in [4.69, 9.17) is 21.1 Å². The fourth-order valence-corrected chi connectivity index (χ4v) is 4.18. The standard InChI is InChI=1S/C18H22ClN3O4/c19-13-2-3-15-14(10-13)16(23)22(17(24)20-15)11-18(4-1-7-26-12-18)21-5-8-25-9-6-21/h2-3,10H,1,4-9,11-12H2,(H,20,24). The van der Waals surface area contributed by atoms with E-state index in [1.165, 1.54) is 4.57 Å². The first-order chi connectivity index (χ1) is 12.6. The quantitative estimate of drug-likeness (QED) is 0.867. The Kier molecular flexibility index (Phi) is 4.88. The van der Waals surface area contributed by atoms with Crippen molar-refractivity contribution in [2.45, 2.75) is 24.9 Å². The molecule has 7 nitrogen and oxygen atoms in total. The lowest BCUT2D eigenvalue weighted by Crippen LogP contribution is -2.61. The molecule has 2 saturated heterocycles. The number of hydrogen-bond acceptors (Lipinski definition) is 5. The van der Waals surface area contributed by atoms with Crippen LogP contribution in [0.3, 0.4) is 0 Å². The van der Waals surface area contributed by atoms with Gasteiger partial charge in [0.2, 0.25) is 0 Å². The zero-order valence-electron chi connectivity index (χ0n) is 14.5. The average molecular weight is 380 g/mol. The van der Waals surface area contributed by atoms with E-state index in [1.54, 1.807) is 18.2 Å². The van der Waals surface area contributed by atoms with E-state index in [-0.39, 0.29) is 11.1 Å². The van der Waals surface area contributed by atoms with Crippen molar-refractivity contribution in [3.05, 3.63) is 44.1 Å². The maximum atomic E-state index is 13.0. The molecule has 0 radical (unpaired) electrons. The van der Waals surface area contributed by atoms with E-state index in [0.717, 1.165) is 25.9 Å². The second-order valence-corrected chi connectivity index (χ2v) is 7.43. The molecule has 1 unspecified atom stereocenters. The third kappa shape index (κ3) is 3.20. The molecule has 140 valence electrons. The Labute approximate surface area is 155 Å². The molecule has 1 N–H and O–H groups in total. The number of aromatic amines is 1. The zero-order valence-corrected chi connectivity index (χ0v) is 15.3. The Morgan fingerprint density at radius 2 is 1.96 bits per heavy atom. The van der Waals surface area contributed by atoms with Crippen LogP contribution in [0.15, 0.2) is 27.8 Å². The van der Waals surface area contributed by atoms with E-state index < -0.39 is 5.69 Å². The molecule has 2 aliphatic heterocycles. The first kappa shape index (κ1) is 17.7. The SMILES string of the molecule is O=c1[nH]c2ccc(Cl)cc2c(=O)n1CC1(N2CCOCC2)CCCOC1. The van der Waals surface area contributed by atoms with Crippen LogP contribution < -0.4 is 11.2 Å². The molecule has 8 heteroatoms. The van der Waals surface area contributed by atoms with Crippen LogP contribution in [-0.2, 0) is 16.0 Å². The third-order valence-corrected chi connectivity index (χ3v) is 5.61. The van der Waals surface area contributed by atoms with Gasteiger partial charge in [0.1, 0.15) is 0 Å². The van der Waals surface area contributed by atoms with E-state index >= 15 is 0 Å². The molecule has 26 heavy (non-hydrogen) atoms. The Balaban J connectivity index is 1.78. The Morgan fingerprint density at radius 1 is 1.15 bits per heavy atom. The van der Waals surface area contributed by atoms with E-state index in [9.17, 15) is 9.59 Å². The van der Waals surface area contributed by atoms with Crippen LogP contribution in [0, 0.1) is 0 Å². The van der Waals surface area contributed by atoms with Gasteiger partial charge >= 0.3 is 5.69 Å². The smallest absolute Gasteiger partial charge is 0.328 e. The van der Waals surface area contributed by atoms with Gasteiger partial charge in [0, 0.05) is 24.7 Å². The number of nitrogens with one attached hydrogen (secondary N) is 1. The number of rotatable bonds is 3. The number of morpholine rings is 1. The van der Waals surface area contributed by atoms with Crippen molar-refractivity contribution >= 4 is 22.5 Å². The molecule has 0 aliphatic carbocycles. The predicted molar refractivity (Wildman–Crippen MR) is 99.0 cm³/mol. The summed E-state index contributed by atoms with van der Waals surface area (Å²) in [6.45, 7) is 4.37. The van der Waals surface area contributed by atoms with Crippen molar-refractivity contribution in [2.24, 2.45) is 0 Å². The summed E-state index contributed by atoms with van der Waals surface area (Å²) < 4.78 is 12.5. The molecule has 1 aromatic heterocycles. The summed E-state index contributed by atoms with van der Waals surface area (Å²) >= 11 is 6.04.